The van der Waals surface area contributed by atoms with Crippen molar-refractivity contribution in [2.75, 3.05) is 13.1 Å². The molecule has 94 valence electrons. The zero-order chi connectivity index (χ0) is 12.5. The summed E-state index contributed by atoms with van der Waals surface area (Å²) >= 11 is 1.45. The molecule has 2 rings (SSSR count). The Kier molecular flexibility index (Phi) is 3.46. The second-order valence-electron chi connectivity index (χ2n) is 4.61. The molecule has 1 amide bonds. The number of hydrogen-bond acceptors (Lipinski definition) is 5. The highest BCUT2D eigenvalue weighted by Gasteiger charge is 2.37. The first-order valence-corrected chi connectivity index (χ1v) is 6.42. The minimum absolute atomic E-state index is 0.0243. The summed E-state index contributed by atoms with van der Waals surface area (Å²) in [6.45, 7) is 2.29. The molecule has 2 N–H and O–H groups in total. The molecule has 6 heteroatoms. The number of amides is 1. The summed E-state index contributed by atoms with van der Waals surface area (Å²) in [5, 5.41) is 19.5. The summed E-state index contributed by atoms with van der Waals surface area (Å²) in [6, 6.07) is 0. The number of thiazole rings is 1. The van der Waals surface area contributed by atoms with Crippen LogP contribution in [0.15, 0.2) is 11.7 Å². The van der Waals surface area contributed by atoms with Crippen LogP contribution < -0.4 is 0 Å². The molecular weight excluding hydrogens is 240 g/mol. The number of aromatic nitrogens is 1. The third kappa shape index (κ3) is 2.83. The molecule has 17 heavy (non-hydrogen) atoms. The third-order valence-corrected chi connectivity index (χ3v) is 3.94. The van der Waals surface area contributed by atoms with Gasteiger partial charge in [0.2, 0.25) is 5.91 Å². The molecule has 1 aliphatic rings. The minimum atomic E-state index is -1.08. The summed E-state index contributed by atoms with van der Waals surface area (Å²) in [5.41, 5.74) is 0.611. The number of carbonyl (C=O) groups excluding carboxylic acids is 1. The van der Waals surface area contributed by atoms with Crippen LogP contribution in [0.4, 0.5) is 0 Å². The van der Waals surface area contributed by atoms with E-state index in [-0.39, 0.29) is 12.5 Å². The Labute approximate surface area is 104 Å². The molecule has 0 aromatic carbocycles. The van der Waals surface area contributed by atoms with E-state index in [1.54, 1.807) is 23.5 Å². The number of rotatable bonds is 2. The number of β-amino-alcohol motifs (C(OH)–C–C–N with tert-alkyl or cyclic N) is 1. The van der Waals surface area contributed by atoms with Gasteiger partial charge in [0.1, 0.15) is 0 Å². The van der Waals surface area contributed by atoms with Gasteiger partial charge in [0.05, 0.1) is 23.6 Å². The zero-order valence-electron chi connectivity index (χ0n) is 9.67. The largest absolute Gasteiger partial charge is 0.388 e. The molecule has 0 saturated carbocycles. The number of nitrogens with zero attached hydrogens (tertiary/aromatic N) is 2. The molecule has 0 spiro atoms. The summed E-state index contributed by atoms with van der Waals surface area (Å²) in [5.74, 6) is -0.0243. The fourth-order valence-corrected chi connectivity index (χ4v) is 2.43. The Morgan fingerprint density at radius 1 is 1.76 bits per heavy atom. The van der Waals surface area contributed by atoms with Crippen molar-refractivity contribution in [1.82, 2.24) is 9.88 Å². The molecular formula is C11H16N2O3S. The van der Waals surface area contributed by atoms with Crippen LogP contribution in [-0.4, -0.2) is 50.8 Å². The average molecular weight is 256 g/mol. The van der Waals surface area contributed by atoms with Crippen LogP contribution in [0.2, 0.25) is 0 Å². The lowest BCUT2D eigenvalue weighted by molar-refractivity contribution is -0.145. The van der Waals surface area contributed by atoms with E-state index in [2.05, 4.69) is 4.98 Å². The van der Waals surface area contributed by atoms with Gasteiger partial charge in [0.25, 0.3) is 0 Å². The van der Waals surface area contributed by atoms with Crippen LogP contribution in [0.1, 0.15) is 18.2 Å². The third-order valence-electron chi connectivity index (χ3n) is 3.16. The fourth-order valence-electron chi connectivity index (χ4n) is 1.84. The number of hydrogen-bond donors (Lipinski definition) is 2. The molecule has 0 aliphatic carbocycles. The highest BCUT2D eigenvalue weighted by atomic mass is 32.1. The summed E-state index contributed by atoms with van der Waals surface area (Å²) in [4.78, 5) is 18.4. The molecule has 0 bridgehead atoms. The maximum absolute atomic E-state index is 11.9. The Morgan fingerprint density at radius 3 is 3.12 bits per heavy atom. The molecule has 0 unspecified atom stereocenters. The molecule has 0 radical (unpaired) electrons. The van der Waals surface area contributed by atoms with Gasteiger partial charge >= 0.3 is 0 Å². The minimum Gasteiger partial charge on any atom is -0.388 e. The van der Waals surface area contributed by atoms with Crippen molar-refractivity contribution in [3.8, 4) is 0 Å². The van der Waals surface area contributed by atoms with Gasteiger partial charge in [-0.25, -0.2) is 0 Å². The molecule has 2 atom stereocenters. The topological polar surface area (TPSA) is 73.7 Å². The summed E-state index contributed by atoms with van der Waals surface area (Å²) in [6.07, 6.45) is 1.53. The maximum atomic E-state index is 11.9. The molecule has 1 aromatic rings. The number of likely N-dealkylation sites (tertiary alicyclic amines) is 1. The second-order valence-corrected chi connectivity index (χ2v) is 5.58. The van der Waals surface area contributed by atoms with E-state index in [0.717, 1.165) is 4.88 Å². The van der Waals surface area contributed by atoms with Crippen LogP contribution in [0.25, 0.3) is 0 Å². The SMILES string of the molecule is C[C@@]1(O)CCN(C(=O)Cc2cncs2)C[C@@H]1O. The van der Waals surface area contributed by atoms with E-state index in [0.29, 0.717) is 19.4 Å². The van der Waals surface area contributed by atoms with Gasteiger partial charge in [-0.2, -0.15) is 0 Å². The van der Waals surface area contributed by atoms with E-state index in [9.17, 15) is 15.0 Å². The Hall–Kier alpha value is -0.980. The van der Waals surface area contributed by atoms with Crippen molar-refractivity contribution < 1.29 is 15.0 Å². The van der Waals surface area contributed by atoms with Gasteiger partial charge < -0.3 is 15.1 Å². The van der Waals surface area contributed by atoms with Crippen LogP contribution in [0, 0.1) is 0 Å². The lowest BCUT2D eigenvalue weighted by Crippen LogP contribution is -2.55. The average Bonchev–Trinajstić information content (AvgIpc) is 2.74. The number of piperidine rings is 1. The van der Waals surface area contributed by atoms with Crippen molar-refractivity contribution in [3.63, 3.8) is 0 Å². The predicted molar refractivity (Wildman–Crippen MR) is 63.6 cm³/mol. The van der Waals surface area contributed by atoms with Crippen LogP contribution in [-0.2, 0) is 11.2 Å². The Bertz CT molecular complexity index is 391. The zero-order valence-corrected chi connectivity index (χ0v) is 10.5. The normalized spacial score (nSPS) is 29.4. The quantitative estimate of drug-likeness (QED) is 0.783. The van der Waals surface area contributed by atoms with Gasteiger partial charge in [0, 0.05) is 24.2 Å². The van der Waals surface area contributed by atoms with E-state index in [1.807, 2.05) is 0 Å². The molecule has 1 aliphatic heterocycles. The first-order chi connectivity index (χ1) is 7.99. The number of aliphatic hydroxyl groups excluding tert-OH is 1. The Balaban J connectivity index is 1.93. The van der Waals surface area contributed by atoms with E-state index >= 15 is 0 Å². The van der Waals surface area contributed by atoms with E-state index in [4.69, 9.17) is 0 Å². The first kappa shape index (κ1) is 12.5. The lowest BCUT2D eigenvalue weighted by atomic mass is 9.90. The van der Waals surface area contributed by atoms with Crippen molar-refractivity contribution in [2.24, 2.45) is 0 Å². The lowest BCUT2D eigenvalue weighted by Gasteiger charge is -2.39. The van der Waals surface area contributed by atoms with Crippen molar-refractivity contribution in [1.29, 1.82) is 0 Å². The van der Waals surface area contributed by atoms with Gasteiger partial charge in [-0.3, -0.25) is 9.78 Å². The number of carbonyl (C=O) groups is 1. The number of aliphatic hydroxyl groups is 2. The van der Waals surface area contributed by atoms with Crippen molar-refractivity contribution in [3.05, 3.63) is 16.6 Å². The molecule has 2 heterocycles. The second kappa shape index (κ2) is 4.72. The summed E-state index contributed by atoms with van der Waals surface area (Å²) in [7, 11) is 0. The van der Waals surface area contributed by atoms with Gasteiger partial charge in [-0.05, 0) is 13.3 Å². The maximum Gasteiger partial charge on any atom is 0.227 e. The Morgan fingerprint density at radius 2 is 2.53 bits per heavy atom. The smallest absolute Gasteiger partial charge is 0.227 e. The van der Waals surface area contributed by atoms with Gasteiger partial charge in [0.15, 0.2) is 0 Å². The highest BCUT2D eigenvalue weighted by Crippen LogP contribution is 2.22. The summed E-state index contributed by atoms with van der Waals surface area (Å²) < 4.78 is 0. The van der Waals surface area contributed by atoms with Crippen LogP contribution in [0.5, 0.6) is 0 Å². The monoisotopic (exact) mass is 256 g/mol. The predicted octanol–water partition coefficient (Wildman–Crippen LogP) is 0.0298. The van der Waals surface area contributed by atoms with E-state index in [1.165, 1.54) is 11.3 Å². The van der Waals surface area contributed by atoms with Gasteiger partial charge in [-0.15, -0.1) is 11.3 Å². The van der Waals surface area contributed by atoms with Crippen molar-refractivity contribution >= 4 is 17.2 Å². The molecule has 5 nitrogen and oxygen atoms in total. The molecule has 1 fully saturated rings. The van der Waals surface area contributed by atoms with Crippen LogP contribution in [0.3, 0.4) is 0 Å². The standard InChI is InChI=1S/C11H16N2O3S/c1-11(16)2-3-13(6-9(11)14)10(15)4-8-5-12-7-17-8/h5,7,9,14,16H,2-4,6H2,1H3/t9-,11+/m0/s1. The van der Waals surface area contributed by atoms with Gasteiger partial charge in [-0.1, -0.05) is 0 Å². The van der Waals surface area contributed by atoms with Crippen molar-refractivity contribution in [2.45, 2.75) is 31.5 Å². The molecule has 1 aromatic heterocycles. The molecule has 1 saturated heterocycles. The van der Waals surface area contributed by atoms with E-state index < -0.39 is 11.7 Å². The highest BCUT2D eigenvalue weighted by molar-refractivity contribution is 7.09. The fraction of sp³-hybridized carbons (Fsp3) is 0.636. The van der Waals surface area contributed by atoms with Crippen LogP contribution >= 0.6 is 11.3 Å². The first-order valence-electron chi connectivity index (χ1n) is 5.54.